The molecule has 182 valence electrons. The molecule has 0 aromatic carbocycles. The van der Waals surface area contributed by atoms with Crippen LogP contribution in [-0.2, 0) is 7.05 Å². The summed E-state index contributed by atoms with van der Waals surface area (Å²) >= 11 is 7.18. The number of carbonyl (C=O) groups excluding carboxylic acids is 1. The number of aryl methyl sites for hydroxylation is 3. The molecule has 1 N–H and O–H groups in total. The van der Waals surface area contributed by atoms with Crippen molar-refractivity contribution in [2.75, 3.05) is 12.4 Å². The number of aromatic nitrogens is 7. The van der Waals surface area contributed by atoms with E-state index in [4.69, 9.17) is 24.6 Å². The number of hydrogen-bond donors (Lipinski definition) is 1. The Kier molecular flexibility index (Phi) is 4.45. The molecular weight excluding hydrogens is 507 g/mol. The first-order valence-electron chi connectivity index (χ1n) is 13.1. The fourth-order valence-corrected chi connectivity index (χ4v) is 4.80. The predicted octanol–water partition coefficient (Wildman–Crippen LogP) is 4.61. The van der Waals surface area contributed by atoms with Gasteiger partial charge in [0.15, 0.2) is 10.9 Å². The molecular formula is C23H18ClFN8O2S. The van der Waals surface area contributed by atoms with E-state index in [9.17, 15) is 4.79 Å². The summed E-state index contributed by atoms with van der Waals surface area (Å²) in [4.78, 5) is 29.7. The fraction of sp³-hybridized carbons (Fsp3) is 0.174. The molecule has 10 nitrogen and oxygen atoms in total. The van der Waals surface area contributed by atoms with Crippen LogP contribution in [0.1, 0.15) is 30.0 Å². The highest BCUT2D eigenvalue weighted by Crippen LogP contribution is 2.37. The first kappa shape index (κ1) is 17.4. The van der Waals surface area contributed by atoms with E-state index in [2.05, 4.69) is 35.6 Å². The van der Waals surface area contributed by atoms with Crippen LogP contribution in [-0.4, -0.2) is 47.9 Å². The smallest absolute Gasteiger partial charge is 0.261 e. The summed E-state index contributed by atoms with van der Waals surface area (Å²) in [7, 11) is -1.28. The summed E-state index contributed by atoms with van der Waals surface area (Å²) in [6, 6.07) is 2.43. The van der Waals surface area contributed by atoms with E-state index >= 15 is 4.39 Å². The summed E-state index contributed by atoms with van der Waals surface area (Å²) in [6.07, 6.45) is 3.74. The fourth-order valence-electron chi connectivity index (χ4n) is 3.66. The summed E-state index contributed by atoms with van der Waals surface area (Å²) < 4.78 is 67.8. The highest BCUT2D eigenvalue weighted by molar-refractivity contribution is 7.22. The van der Waals surface area contributed by atoms with E-state index in [1.807, 2.05) is 0 Å². The molecule has 13 heteroatoms. The van der Waals surface area contributed by atoms with Crippen LogP contribution >= 0.6 is 22.9 Å². The van der Waals surface area contributed by atoms with Crippen molar-refractivity contribution in [3.8, 4) is 28.3 Å². The molecule has 0 bridgehead atoms. The maximum absolute atomic E-state index is 15.5. The second-order valence-electron chi connectivity index (χ2n) is 7.45. The van der Waals surface area contributed by atoms with Crippen molar-refractivity contribution < 1.29 is 22.1 Å². The minimum Gasteiger partial charge on any atom is -0.494 e. The van der Waals surface area contributed by atoms with Crippen LogP contribution in [0.2, 0.25) is 5.15 Å². The Balaban J connectivity index is 1.59. The van der Waals surface area contributed by atoms with Crippen molar-refractivity contribution in [1.82, 2.24) is 34.9 Å². The third-order valence-corrected chi connectivity index (χ3v) is 6.46. The second-order valence-corrected chi connectivity index (χ2v) is 8.81. The number of anilines is 1. The van der Waals surface area contributed by atoms with Gasteiger partial charge >= 0.3 is 0 Å². The van der Waals surface area contributed by atoms with Crippen LogP contribution in [0.4, 0.5) is 9.52 Å². The maximum atomic E-state index is 15.5. The zero-order chi connectivity index (χ0) is 30.6. The summed E-state index contributed by atoms with van der Waals surface area (Å²) in [5, 5.41) is 9.83. The number of hydrogen-bond acceptors (Lipinski definition) is 9. The van der Waals surface area contributed by atoms with Gasteiger partial charge in [0.2, 0.25) is 0 Å². The standard InChI is InChI=1S/C23H18ClFN8O2S/c1-10-7-13(12-5-6-26-9-15(12)35-4)16(21(24)28-10)22(34)30-23-29-14-8-27-18(17(25)20(14)36-23)19-11(2)31-32-33(19)3/h5-9H,1-4H3,(H,29,30,34)/i1D3,4D3. The second kappa shape index (κ2) is 9.21. The number of rotatable bonds is 5. The van der Waals surface area contributed by atoms with Gasteiger partial charge in [-0.15, -0.1) is 5.10 Å². The lowest BCUT2D eigenvalue weighted by Gasteiger charge is -2.14. The molecule has 36 heavy (non-hydrogen) atoms. The monoisotopic (exact) mass is 530 g/mol. The van der Waals surface area contributed by atoms with Gasteiger partial charge in [0.25, 0.3) is 5.91 Å². The van der Waals surface area contributed by atoms with Crippen LogP contribution < -0.4 is 10.1 Å². The van der Waals surface area contributed by atoms with Crippen molar-refractivity contribution in [2.45, 2.75) is 13.8 Å². The van der Waals surface area contributed by atoms with E-state index < -0.39 is 36.5 Å². The van der Waals surface area contributed by atoms with Gasteiger partial charge in [-0.3, -0.25) is 15.1 Å². The normalized spacial score (nSPS) is 14.3. The zero-order valence-electron chi connectivity index (χ0n) is 24.5. The number of thiazole rings is 1. The van der Waals surface area contributed by atoms with Gasteiger partial charge in [-0.05, 0) is 25.9 Å². The van der Waals surface area contributed by atoms with E-state index in [0.29, 0.717) is 11.4 Å². The van der Waals surface area contributed by atoms with Crippen LogP contribution in [0.15, 0.2) is 30.7 Å². The maximum Gasteiger partial charge on any atom is 0.261 e. The molecule has 0 atom stereocenters. The molecule has 0 saturated heterocycles. The van der Waals surface area contributed by atoms with Gasteiger partial charge < -0.3 is 4.74 Å². The summed E-state index contributed by atoms with van der Waals surface area (Å²) in [6.45, 7) is -1.06. The summed E-state index contributed by atoms with van der Waals surface area (Å²) in [5.74, 6) is -1.83. The number of nitrogens with zero attached hydrogens (tertiary/aromatic N) is 7. The Morgan fingerprint density at radius 3 is 2.92 bits per heavy atom. The van der Waals surface area contributed by atoms with Gasteiger partial charge in [0.05, 0.1) is 39.5 Å². The SMILES string of the molecule is [2H]C([2H])([2H])Oc1cnccc1-c1cc(C([2H])([2H])[2H])nc(Cl)c1C(=O)Nc1nc2cnc(-c3c(C)nnn3C)c(F)c2s1. The molecule has 5 aromatic rings. The number of amides is 1. The molecule has 1 amide bonds. The number of nitrogens with one attached hydrogen (secondary N) is 1. The molecule has 0 radical (unpaired) electrons. The molecule has 0 aliphatic carbocycles. The number of halogens is 2. The Hall–Kier alpha value is -4.03. The number of methoxy groups -OCH3 is 1. The Morgan fingerprint density at radius 1 is 1.31 bits per heavy atom. The predicted molar refractivity (Wildman–Crippen MR) is 134 cm³/mol. The largest absolute Gasteiger partial charge is 0.494 e. The lowest BCUT2D eigenvalue weighted by Crippen LogP contribution is -2.15. The van der Waals surface area contributed by atoms with Crippen molar-refractivity contribution in [3.63, 3.8) is 0 Å². The molecule has 0 unspecified atom stereocenters. The van der Waals surface area contributed by atoms with Crippen molar-refractivity contribution in [1.29, 1.82) is 0 Å². The van der Waals surface area contributed by atoms with Crippen molar-refractivity contribution >= 4 is 44.2 Å². The highest BCUT2D eigenvalue weighted by atomic mass is 35.5. The van der Waals surface area contributed by atoms with Gasteiger partial charge in [-0.2, -0.15) is 0 Å². The first-order chi connectivity index (χ1) is 19.6. The van der Waals surface area contributed by atoms with E-state index in [0.717, 1.165) is 23.6 Å². The molecule has 0 fully saturated rings. The average Bonchev–Trinajstić information content (AvgIpc) is 3.45. The average molecular weight is 531 g/mol. The van der Waals surface area contributed by atoms with Crippen molar-refractivity contribution in [3.05, 3.63) is 58.6 Å². The lowest BCUT2D eigenvalue weighted by atomic mass is 10.0. The number of fused-ring (bicyclic) bond motifs is 1. The minimum atomic E-state index is -2.88. The van der Waals surface area contributed by atoms with E-state index in [1.165, 1.54) is 23.1 Å². The first-order valence-corrected chi connectivity index (χ1v) is 11.3. The third-order valence-electron chi connectivity index (χ3n) is 5.20. The Bertz CT molecular complexity index is 1840. The number of carbonyl (C=O) groups is 1. The Morgan fingerprint density at radius 2 is 2.17 bits per heavy atom. The molecule has 5 rings (SSSR count). The molecule has 0 saturated carbocycles. The highest BCUT2D eigenvalue weighted by Gasteiger charge is 2.24. The summed E-state index contributed by atoms with van der Waals surface area (Å²) in [5.41, 5.74) is 0.184. The van der Waals surface area contributed by atoms with Gasteiger partial charge in [0.1, 0.15) is 27.8 Å². The van der Waals surface area contributed by atoms with Crippen molar-refractivity contribution in [2.24, 2.45) is 7.05 Å². The van der Waals surface area contributed by atoms with Crippen LogP contribution in [0.3, 0.4) is 0 Å². The third kappa shape index (κ3) is 4.03. The molecule has 0 aliphatic heterocycles. The molecule has 5 heterocycles. The van der Waals surface area contributed by atoms with Crippen LogP contribution in [0.25, 0.3) is 32.7 Å². The molecule has 0 spiro atoms. The van der Waals surface area contributed by atoms with Gasteiger partial charge in [-0.1, -0.05) is 28.2 Å². The quantitative estimate of drug-likeness (QED) is 0.327. The zero-order valence-corrected chi connectivity index (χ0v) is 20.1. The lowest BCUT2D eigenvalue weighted by molar-refractivity contribution is 0.102. The van der Waals surface area contributed by atoms with Gasteiger partial charge in [-0.25, -0.2) is 24.0 Å². The van der Waals surface area contributed by atoms with Crippen LogP contribution in [0, 0.1) is 19.6 Å². The minimum absolute atomic E-state index is 0.00304. The Labute approximate surface area is 221 Å². The van der Waals surface area contributed by atoms with E-state index in [-0.39, 0.29) is 43.5 Å². The number of ether oxygens (including phenoxy) is 1. The molecule has 0 aliphatic rings. The topological polar surface area (TPSA) is 121 Å². The van der Waals surface area contributed by atoms with Crippen LogP contribution in [0.5, 0.6) is 5.75 Å². The van der Waals surface area contributed by atoms with E-state index in [1.54, 1.807) is 14.0 Å². The molecule has 5 aromatic heterocycles. The number of pyridine rings is 3. The van der Waals surface area contributed by atoms with Gasteiger partial charge in [0, 0.05) is 34.2 Å².